The number of urea groups is 1. The molecule has 1 unspecified atom stereocenters. The van der Waals surface area contributed by atoms with Gasteiger partial charge in [-0.05, 0) is 47.5 Å². The Balaban J connectivity index is 1.61. The number of hydrogen-bond acceptors (Lipinski definition) is 4. The summed E-state index contributed by atoms with van der Waals surface area (Å²) in [7, 11) is 1.73. The Kier molecular flexibility index (Phi) is 6.26. The molecule has 2 aliphatic heterocycles. The normalized spacial score (nSPS) is 21.6. The van der Waals surface area contributed by atoms with Crippen LogP contribution in [0.5, 0.6) is 0 Å². The number of nitrogens with one attached hydrogen (secondary N) is 1. The number of anilines is 1. The maximum atomic E-state index is 13.5. The predicted molar refractivity (Wildman–Crippen MR) is 121 cm³/mol. The highest BCUT2D eigenvalue weighted by Crippen LogP contribution is 2.30. The lowest BCUT2D eigenvalue weighted by molar-refractivity contribution is 0.0625. The van der Waals surface area contributed by atoms with E-state index in [9.17, 15) is 19.1 Å². The molecule has 1 aromatic carbocycles. The van der Waals surface area contributed by atoms with Gasteiger partial charge in [-0.15, -0.1) is 0 Å². The number of carbonyl (C=O) groups excluding carboxylic acids is 2. The molecule has 0 saturated carbocycles. The summed E-state index contributed by atoms with van der Waals surface area (Å²) in [5, 5.41) is 17.9. The molecule has 2 N–H and O–H groups in total. The van der Waals surface area contributed by atoms with E-state index < -0.39 is 11.9 Å². The lowest BCUT2D eigenvalue weighted by Gasteiger charge is -2.33. The average Bonchev–Trinajstić information content (AvgIpc) is 3.04. The van der Waals surface area contributed by atoms with Gasteiger partial charge in [0.05, 0.1) is 22.8 Å². The van der Waals surface area contributed by atoms with Crippen molar-refractivity contribution in [2.24, 2.45) is 5.92 Å². The third-order valence-electron chi connectivity index (χ3n) is 6.34. The van der Waals surface area contributed by atoms with E-state index in [1.165, 1.54) is 18.2 Å². The summed E-state index contributed by atoms with van der Waals surface area (Å²) in [6.07, 6.45) is 0.607. The summed E-state index contributed by atoms with van der Waals surface area (Å²) in [5.74, 6) is -0.664. The minimum Gasteiger partial charge on any atom is -0.393 e. The van der Waals surface area contributed by atoms with Gasteiger partial charge in [-0.2, -0.15) is 5.10 Å². The van der Waals surface area contributed by atoms with Crippen molar-refractivity contribution in [3.05, 3.63) is 45.4 Å². The second-order valence-corrected chi connectivity index (χ2v) is 9.47. The van der Waals surface area contributed by atoms with Crippen LogP contribution in [0.1, 0.15) is 42.0 Å². The Labute approximate surface area is 194 Å². The minimum absolute atomic E-state index is 0.106. The molecular formula is C22H27BrFN5O3. The number of hydrogen-bond donors (Lipinski definition) is 2. The highest BCUT2D eigenvalue weighted by molar-refractivity contribution is 9.10. The van der Waals surface area contributed by atoms with Crippen molar-refractivity contribution >= 4 is 33.6 Å². The zero-order valence-corrected chi connectivity index (χ0v) is 19.9. The molecule has 4 rings (SSSR count). The molecule has 0 bridgehead atoms. The highest BCUT2D eigenvalue weighted by Gasteiger charge is 2.38. The van der Waals surface area contributed by atoms with Crippen molar-refractivity contribution in [3.8, 4) is 0 Å². The number of aliphatic hydroxyl groups excluding tert-OH is 1. The number of aliphatic hydroxyl groups is 1. The molecule has 0 radical (unpaired) electrons. The highest BCUT2D eigenvalue weighted by atomic mass is 79.9. The number of halogens is 2. The maximum Gasteiger partial charge on any atom is 0.322 e. The molecule has 172 valence electrons. The smallest absolute Gasteiger partial charge is 0.322 e. The Morgan fingerprint density at radius 3 is 2.84 bits per heavy atom. The Morgan fingerprint density at radius 1 is 1.41 bits per heavy atom. The van der Waals surface area contributed by atoms with Gasteiger partial charge in [0.1, 0.15) is 11.5 Å². The topological polar surface area (TPSA) is 90.7 Å². The summed E-state index contributed by atoms with van der Waals surface area (Å²) in [6.45, 7) is 5.01. The fraction of sp³-hybridized carbons (Fsp3) is 0.500. The van der Waals surface area contributed by atoms with Crippen LogP contribution in [0.2, 0.25) is 0 Å². The molecule has 3 amide bonds. The molecule has 3 heterocycles. The molecule has 10 heteroatoms. The first-order valence-electron chi connectivity index (χ1n) is 10.7. The van der Waals surface area contributed by atoms with E-state index in [1.54, 1.807) is 21.5 Å². The Hall–Kier alpha value is -2.46. The molecule has 1 aromatic heterocycles. The van der Waals surface area contributed by atoms with Gasteiger partial charge in [0, 0.05) is 49.8 Å². The number of amides is 3. The fourth-order valence-electron chi connectivity index (χ4n) is 4.48. The van der Waals surface area contributed by atoms with Crippen LogP contribution < -0.4 is 5.32 Å². The zero-order valence-electron chi connectivity index (χ0n) is 18.3. The summed E-state index contributed by atoms with van der Waals surface area (Å²) in [4.78, 5) is 29.5. The van der Waals surface area contributed by atoms with Gasteiger partial charge < -0.3 is 20.2 Å². The largest absolute Gasteiger partial charge is 0.393 e. The lowest BCUT2D eigenvalue weighted by atomic mass is 9.99. The number of fused-ring (bicyclic) bond motifs is 3. The molecule has 2 aliphatic rings. The zero-order chi connectivity index (χ0) is 23.2. The van der Waals surface area contributed by atoms with Crippen molar-refractivity contribution in [1.29, 1.82) is 0 Å². The molecule has 8 nitrogen and oxygen atoms in total. The standard InChI is InChI=1S/C22H27BrFN5O3/c1-4-19(30)13-9-27(3)21(31)20-15-11-28(12(2)7-18(15)26-29(20)10-13)22(32)25-14-5-6-17(24)16(23)8-14/h5-6,8,12-13,19,30H,4,7,9-11H2,1-3H3,(H,25,32)/t12-,13+,19?/m1/s1. The lowest BCUT2D eigenvalue weighted by Crippen LogP contribution is -2.45. The van der Waals surface area contributed by atoms with Crippen LogP contribution >= 0.6 is 15.9 Å². The van der Waals surface area contributed by atoms with Gasteiger partial charge in [-0.25, -0.2) is 9.18 Å². The van der Waals surface area contributed by atoms with Crippen LogP contribution in [0.15, 0.2) is 22.7 Å². The van der Waals surface area contributed by atoms with Gasteiger partial charge in [-0.1, -0.05) is 6.92 Å². The van der Waals surface area contributed by atoms with E-state index in [1.807, 2.05) is 13.8 Å². The molecule has 0 spiro atoms. The second-order valence-electron chi connectivity index (χ2n) is 8.62. The second kappa shape index (κ2) is 8.82. The molecule has 0 aliphatic carbocycles. The van der Waals surface area contributed by atoms with Crippen LogP contribution in [-0.4, -0.2) is 62.4 Å². The fourth-order valence-corrected chi connectivity index (χ4v) is 4.86. The van der Waals surface area contributed by atoms with Gasteiger partial charge in [0.2, 0.25) is 0 Å². The van der Waals surface area contributed by atoms with Gasteiger partial charge in [0.25, 0.3) is 5.91 Å². The first-order chi connectivity index (χ1) is 15.2. The van der Waals surface area contributed by atoms with E-state index in [0.717, 1.165) is 11.3 Å². The van der Waals surface area contributed by atoms with E-state index in [4.69, 9.17) is 5.10 Å². The number of carbonyl (C=O) groups is 2. The van der Waals surface area contributed by atoms with E-state index in [2.05, 4.69) is 21.2 Å². The summed E-state index contributed by atoms with van der Waals surface area (Å²) in [6, 6.07) is 3.84. The predicted octanol–water partition coefficient (Wildman–Crippen LogP) is 3.24. The van der Waals surface area contributed by atoms with Crippen molar-refractivity contribution < 1.29 is 19.1 Å². The first-order valence-corrected chi connectivity index (χ1v) is 11.5. The molecular weight excluding hydrogens is 481 g/mol. The van der Waals surface area contributed by atoms with Crippen LogP contribution in [0.4, 0.5) is 14.9 Å². The maximum absolute atomic E-state index is 13.5. The van der Waals surface area contributed by atoms with Crippen LogP contribution in [-0.2, 0) is 19.5 Å². The number of rotatable bonds is 3. The van der Waals surface area contributed by atoms with Crippen molar-refractivity contribution in [2.75, 3.05) is 18.9 Å². The summed E-state index contributed by atoms with van der Waals surface area (Å²) < 4.78 is 15.5. The molecule has 2 aromatic rings. The summed E-state index contributed by atoms with van der Waals surface area (Å²) >= 11 is 3.13. The molecule has 0 fully saturated rings. The monoisotopic (exact) mass is 507 g/mol. The number of nitrogens with zero attached hydrogens (tertiary/aromatic N) is 4. The third kappa shape index (κ3) is 4.13. The SMILES string of the molecule is CCC(O)[C@H]1CN(C)C(=O)c2c3c(nn2C1)C[C@@H](C)N(C(=O)Nc1ccc(F)c(Br)c1)C3. The number of benzene rings is 1. The molecule has 32 heavy (non-hydrogen) atoms. The van der Waals surface area contributed by atoms with Crippen LogP contribution in [0.3, 0.4) is 0 Å². The van der Waals surface area contributed by atoms with Gasteiger partial charge >= 0.3 is 6.03 Å². The van der Waals surface area contributed by atoms with Crippen molar-refractivity contribution in [2.45, 2.75) is 51.9 Å². The van der Waals surface area contributed by atoms with Crippen LogP contribution in [0, 0.1) is 11.7 Å². The average molecular weight is 508 g/mol. The Morgan fingerprint density at radius 2 is 2.16 bits per heavy atom. The summed E-state index contributed by atoms with van der Waals surface area (Å²) in [5.41, 5.74) is 2.53. The minimum atomic E-state index is -0.520. The van der Waals surface area contributed by atoms with Gasteiger partial charge in [-0.3, -0.25) is 9.48 Å². The van der Waals surface area contributed by atoms with Crippen molar-refractivity contribution in [3.63, 3.8) is 0 Å². The molecule has 0 saturated heterocycles. The van der Waals surface area contributed by atoms with E-state index >= 15 is 0 Å². The molecule has 3 atom stereocenters. The van der Waals surface area contributed by atoms with Crippen LogP contribution in [0.25, 0.3) is 0 Å². The quantitative estimate of drug-likeness (QED) is 0.667. The van der Waals surface area contributed by atoms with E-state index in [-0.39, 0.29) is 34.9 Å². The number of aromatic nitrogens is 2. The third-order valence-corrected chi connectivity index (χ3v) is 6.95. The Bertz CT molecular complexity index is 1060. The van der Waals surface area contributed by atoms with E-state index in [0.29, 0.717) is 37.3 Å². The van der Waals surface area contributed by atoms with Crippen molar-refractivity contribution in [1.82, 2.24) is 19.6 Å². The first kappa shape index (κ1) is 22.7. The van der Waals surface area contributed by atoms with Gasteiger partial charge in [0.15, 0.2) is 0 Å².